The van der Waals surface area contributed by atoms with E-state index in [1.165, 1.54) is 12.1 Å². The van der Waals surface area contributed by atoms with Crippen molar-refractivity contribution in [2.24, 2.45) is 0 Å². The molecule has 0 aliphatic carbocycles. The molecule has 0 aromatic heterocycles. The largest absolute Gasteiger partial charge is 0.493 e. The number of benzene rings is 1. The number of hydrogen-bond donors (Lipinski definition) is 0. The molecule has 0 bridgehead atoms. The highest BCUT2D eigenvalue weighted by Crippen LogP contribution is 2.26. The summed E-state index contributed by atoms with van der Waals surface area (Å²) in [5, 5.41) is 19.5. The van der Waals surface area contributed by atoms with E-state index >= 15 is 0 Å². The third kappa shape index (κ3) is 4.34. The quantitative estimate of drug-likeness (QED) is 0.334. The van der Waals surface area contributed by atoms with Crippen LogP contribution in [0.3, 0.4) is 0 Å². The van der Waals surface area contributed by atoms with Gasteiger partial charge in [-0.1, -0.05) is 15.9 Å². The van der Waals surface area contributed by atoms with Crippen molar-refractivity contribution in [3.63, 3.8) is 0 Å². The van der Waals surface area contributed by atoms with E-state index in [1.807, 2.05) is 0 Å². The summed E-state index contributed by atoms with van der Waals surface area (Å²) in [6.45, 7) is 0.513. The van der Waals surface area contributed by atoms with Gasteiger partial charge in [0, 0.05) is 29.4 Å². The molecule has 0 spiro atoms. The zero-order valence-electron chi connectivity index (χ0n) is 9.76. The lowest BCUT2D eigenvalue weighted by Crippen LogP contribution is -2.00. The number of nitriles is 1. The number of non-ortho nitro benzene ring substituents is 1. The van der Waals surface area contributed by atoms with Crippen LogP contribution in [-0.4, -0.2) is 11.5 Å². The van der Waals surface area contributed by atoms with E-state index in [2.05, 4.69) is 22.0 Å². The highest BCUT2D eigenvalue weighted by molar-refractivity contribution is 9.08. The van der Waals surface area contributed by atoms with Gasteiger partial charge in [0.1, 0.15) is 5.75 Å². The van der Waals surface area contributed by atoms with E-state index in [4.69, 9.17) is 10.00 Å². The molecule has 0 heterocycles. The lowest BCUT2D eigenvalue weighted by Gasteiger charge is -2.09. The Labute approximate surface area is 114 Å². The highest BCUT2D eigenvalue weighted by Gasteiger charge is 2.10. The summed E-state index contributed by atoms with van der Waals surface area (Å²) in [6.07, 6.45) is 2.12. The second-order valence-electron chi connectivity index (χ2n) is 3.65. The number of rotatable bonds is 7. The molecule has 1 aromatic carbocycles. The first-order valence-corrected chi connectivity index (χ1v) is 6.64. The van der Waals surface area contributed by atoms with Crippen LogP contribution >= 0.6 is 15.9 Å². The Hall–Kier alpha value is -1.61. The van der Waals surface area contributed by atoms with Crippen molar-refractivity contribution in [2.45, 2.75) is 24.6 Å². The molecule has 0 aliphatic heterocycles. The van der Waals surface area contributed by atoms with Crippen LogP contribution in [0.2, 0.25) is 0 Å². The van der Waals surface area contributed by atoms with Gasteiger partial charge in [0.25, 0.3) is 5.69 Å². The molecule has 6 heteroatoms. The molecule has 0 fully saturated rings. The molecule has 0 aliphatic rings. The van der Waals surface area contributed by atoms with Gasteiger partial charge in [0.15, 0.2) is 0 Å². The van der Waals surface area contributed by atoms with Gasteiger partial charge in [-0.3, -0.25) is 10.1 Å². The zero-order valence-corrected chi connectivity index (χ0v) is 11.4. The Morgan fingerprint density at radius 3 is 2.83 bits per heavy atom. The molecule has 0 saturated heterocycles. The van der Waals surface area contributed by atoms with Crippen LogP contribution in [-0.2, 0) is 5.33 Å². The summed E-state index contributed by atoms with van der Waals surface area (Å²) < 4.78 is 5.55. The predicted octanol–water partition coefficient (Wildman–Crippen LogP) is 3.56. The number of nitro benzene ring substituents is 1. The van der Waals surface area contributed by atoms with Gasteiger partial charge in [-0.2, -0.15) is 5.26 Å². The Kier molecular flexibility index (Phi) is 6.15. The summed E-state index contributed by atoms with van der Waals surface area (Å²) >= 11 is 3.28. The summed E-state index contributed by atoms with van der Waals surface area (Å²) in [5.74, 6) is 0.648. The summed E-state index contributed by atoms with van der Waals surface area (Å²) in [4.78, 5) is 10.2. The lowest BCUT2D eigenvalue weighted by atomic mass is 10.2. The van der Waals surface area contributed by atoms with Crippen LogP contribution in [0.5, 0.6) is 5.75 Å². The van der Waals surface area contributed by atoms with Crippen LogP contribution < -0.4 is 4.74 Å². The maximum absolute atomic E-state index is 10.6. The normalized spacial score (nSPS) is 9.78. The first-order valence-electron chi connectivity index (χ1n) is 5.52. The Balaban J connectivity index is 2.60. The maximum atomic E-state index is 10.6. The minimum atomic E-state index is -0.428. The van der Waals surface area contributed by atoms with Crippen molar-refractivity contribution in [1.29, 1.82) is 5.26 Å². The highest BCUT2D eigenvalue weighted by atomic mass is 79.9. The van der Waals surface area contributed by atoms with Crippen LogP contribution in [0.1, 0.15) is 24.8 Å². The van der Waals surface area contributed by atoms with Crippen LogP contribution in [0.25, 0.3) is 0 Å². The van der Waals surface area contributed by atoms with Gasteiger partial charge >= 0.3 is 0 Å². The first kappa shape index (κ1) is 14.5. The van der Waals surface area contributed by atoms with Gasteiger partial charge in [-0.25, -0.2) is 0 Å². The second-order valence-corrected chi connectivity index (χ2v) is 4.21. The van der Waals surface area contributed by atoms with E-state index < -0.39 is 4.92 Å². The number of unbranched alkanes of at least 4 members (excludes halogenated alkanes) is 2. The van der Waals surface area contributed by atoms with E-state index in [9.17, 15) is 10.1 Å². The van der Waals surface area contributed by atoms with Crippen LogP contribution in [0, 0.1) is 21.4 Å². The summed E-state index contributed by atoms with van der Waals surface area (Å²) in [5.41, 5.74) is 0.811. The molecular weight excluding hydrogens is 300 g/mol. The smallest absolute Gasteiger partial charge is 0.270 e. The minimum Gasteiger partial charge on any atom is -0.493 e. The minimum absolute atomic E-state index is 0.0567. The van der Waals surface area contributed by atoms with Gasteiger partial charge in [0.2, 0.25) is 0 Å². The lowest BCUT2D eigenvalue weighted by molar-refractivity contribution is -0.384. The molecule has 5 nitrogen and oxygen atoms in total. The third-order valence-corrected chi connectivity index (χ3v) is 2.94. The molecule has 1 aromatic rings. The molecule has 18 heavy (non-hydrogen) atoms. The Bertz CT molecular complexity index is 457. The topological polar surface area (TPSA) is 76.2 Å². The van der Waals surface area contributed by atoms with Gasteiger partial charge in [-0.15, -0.1) is 0 Å². The molecule has 0 unspecified atom stereocenters. The summed E-state index contributed by atoms with van der Waals surface area (Å²) in [7, 11) is 0. The second kappa shape index (κ2) is 7.67. The molecule has 96 valence electrons. The van der Waals surface area contributed by atoms with E-state index in [0.717, 1.165) is 18.4 Å². The van der Waals surface area contributed by atoms with Crippen LogP contribution in [0.4, 0.5) is 5.69 Å². The fourth-order valence-corrected chi connectivity index (χ4v) is 1.85. The monoisotopic (exact) mass is 312 g/mol. The summed E-state index contributed by atoms with van der Waals surface area (Å²) in [6, 6.07) is 6.61. The molecule has 0 atom stereocenters. The van der Waals surface area contributed by atoms with E-state index in [1.54, 1.807) is 6.07 Å². The average molecular weight is 313 g/mol. The van der Waals surface area contributed by atoms with Gasteiger partial charge in [0.05, 0.1) is 17.6 Å². The van der Waals surface area contributed by atoms with Crippen molar-refractivity contribution in [1.82, 2.24) is 0 Å². The first-order chi connectivity index (χ1) is 8.69. The van der Waals surface area contributed by atoms with Crippen molar-refractivity contribution in [3.8, 4) is 11.8 Å². The maximum Gasteiger partial charge on any atom is 0.270 e. The zero-order chi connectivity index (χ0) is 13.4. The molecule has 0 saturated carbocycles. The van der Waals surface area contributed by atoms with Crippen molar-refractivity contribution in [2.75, 3.05) is 6.61 Å². The number of hydrogen-bond acceptors (Lipinski definition) is 4. The molecular formula is C12H13BrN2O3. The SMILES string of the molecule is N#CCCCCOc1ccc([N+](=O)[O-])cc1CBr. The standard InChI is InChI=1S/C12H13BrN2O3/c13-9-10-8-11(15(16)17)4-5-12(10)18-7-3-1-2-6-14/h4-5,8H,1-3,7,9H2. The predicted molar refractivity (Wildman–Crippen MR) is 70.7 cm³/mol. The molecule has 0 radical (unpaired) electrons. The fourth-order valence-electron chi connectivity index (χ4n) is 1.41. The van der Waals surface area contributed by atoms with Gasteiger partial charge in [-0.05, 0) is 18.9 Å². The number of nitro groups is 1. The Morgan fingerprint density at radius 1 is 1.44 bits per heavy atom. The van der Waals surface area contributed by atoms with Crippen molar-refractivity contribution in [3.05, 3.63) is 33.9 Å². The molecule has 1 rings (SSSR count). The molecule has 0 amide bonds. The number of alkyl halides is 1. The van der Waals surface area contributed by atoms with Crippen molar-refractivity contribution >= 4 is 21.6 Å². The average Bonchev–Trinajstić information content (AvgIpc) is 2.38. The van der Waals surface area contributed by atoms with E-state index in [0.29, 0.717) is 24.1 Å². The molecule has 0 N–H and O–H groups in total. The Morgan fingerprint density at radius 2 is 2.22 bits per heavy atom. The number of nitrogens with zero attached hydrogens (tertiary/aromatic N) is 2. The number of ether oxygens (including phenoxy) is 1. The van der Waals surface area contributed by atoms with Crippen molar-refractivity contribution < 1.29 is 9.66 Å². The van der Waals surface area contributed by atoms with Gasteiger partial charge < -0.3 is 4.74 Å². The van der Waals surface area contributed by atoms with E-state index in [-0.39, 0.29) is 5.69 Å². The fraction of sp³-hybridized carbons (Fsp3) is 0.417. The third-order valence-electron chi connectivity index (χ3n) is 2.34. The van der Waals surface area contributed by atoms with Crippen LogP contribution in [0.15, 0.2) is 18.2 Å². The number of halogens is 1.